The van der Waals surface area contributed by atoms with Crippen molar-refractivity contribution in [2.45, 2.75) is 51.1 Å². The van der Waals surface area contributed by atoms with Crippen LogP contribution in [0.5, 0.6) is 0 Å². The minimum Gasteiger partial charge on any atom is -0.345 e. The number of fused-ring (bicyclic) bond motifs is 1. The molecule has 6 rings (SSSR count). The maximum absolute atomic E-state index is 6.47. The van der Waals surface area contributed by atoms with Crippen LogP contribution in [-0.2, 0) is 22.7 Å². The Kier molecular flexibility index (Phi) is 2.40. The molecule has 0 unspecified atom stereocenters. The maximum atomic E-state index is 6.47. The third-order valence-corrected chi connectivity index (χ3v) is 6.30. The highest BCUT2D eigenvalue weighted by Crippen LogP contribution is 2.60. The Morgan fingerprint density at radius 1 is 0.750 bits per heavy atom. The zero-order chi connectivity index (χ0) is 13.2. The molecule has 4 aliphatic carbocycles. The van der Waals surface area contributed by atoms with Crippen molar-refractivity contribution in [1.82, 2.24) is 0 Å². The van der Waals surface area contributed by atoms with Gasteiger partial charge < -0.3 is 9.47 Å². The molecule has 5 aliphatic rings. The van der Waals surface area contributed by atoms with Crippen LogP contribution in [0.3, 0.4) is 0 Å². The van der Waals surface area contributed by atoms with Crippen molar-refractivity contribution < 1.29 is 9.47 Å². The molecule has 20 heavy (non-hydrogen) atoms. The molecule has 1 aliphatic heterocycles. The zero-order valence-corrected chi connectivity index (χ0v) is 11.9. The van der Waals surface area contributed by atoms with E-state index >= 15 is 0 Å². The summed E-state index contributed by atoms with van der Waals surface area (Å²) in [6.07, 6.45) is 6.82. The lowest BCUT2D eigenvalue weighted by atomic mass is 9.53. The van der Waals surface area contributed by atoms with Gasteiger partial charge in [0.05, 0.1) is 13.2 Å². The van der Waals surface area contributed by atoms with Crippen molar-refractivity contribution in [1.29, 1.82) is 0 Å². The van der Waals surface area contributed by atoms with Crippen LogP contribution in [0.2, 0.25) is 0 Å². The van der Waals surface area contributed by atoms with Crippen LogP contribution >= 0.6 is 0 Å². The lowest BCUT2D eigenvalue weighted by Gasteiger charge is -2.59. The van der Waals surface area contributed by atoms with Gasteiger partial charge >= 0.3 is 0 Å². The average molecular weight is 270 g/mol. The molecule has 106 valence electrons. The predicted molar refractivity (Wildman–Crippen MR) is 75.8 cm³/mol. The molecular formula is C18H22O2. The molecule has 0 atom stereocenters. The molecule has 4 bridgehead atoms. The Balaban J connectivity index is 1.50. The van der Waals surface area contributed by atoms with Gasteiger partial charge in [-0.1, -0.05) is 24.3 Å². The van der Waals surface area contributed by atoms with Crippen molar-refractivity contribution in [3.63, 3.8) is 0 Å². The van der Waals surface area contributed by atoms with E-state index < -0.39 is 0 Å². The smallest absolute Gasteiger partial charge is 0.174 e. The van der Waals surface area contributed by atoms with E-state index in [9.17, 15) is 0 Å². The largest absolute Gasteiger partial charge is 0.345 e. The second kappa shape index (κ2) is 4.08. The van der Waals surface area contributed by atoms with Crippen LogP contribution in [0.25, 0.3) is 0 Å². The van der Waals surface area contributed by atoms with Gasteiger partial charge in [0.25, 0.3) is 0 Å². The monoisotopic (exact) mass is 270 g/mol. The number of benzene rings is 1. The predicted octanol–water partition coefficient (Wildman–Crippen LogP) is 3.89. The zero-order valence-electron chi connectivity index (χ0n) is 11.9. The van der Waals surface area contributed by atoms with Gasteiger partial charge in [0.15, 0.2) is 5.79 Å². The van der Waals surface area contributed by atoms with Crippen LogP contribution in [0.1, 0.15) is 43.2 Å². The quantitative estimate of drug-likeness (QED) is 0.712. The van der Waals surface area contributed by atoms with Crippen molar-refractivity contribution in [2.75, 3.05) is 0 Å². The van der Waals surface area contributed by atoms with E-state index in [1.807, 2.05) is 0 Å². The van der Waals surface area contributed by atoms with E-state index in [4.69, 9.17) is 9.47 Å². The van der Waals surface area contributed by atoms with E-state index in [1.54, 1.807) is 0 Å². The van der Waals surface area contributed by atoms with E-state index in [1.165, 1.54) is 43.2 Å². The van der Waals surface area contributed by atoms with Crippen molar-refractivity contribution in [3.05, 3.63) is 35.4 Å². The minimum atomic E-state index is -0.257. The summed E-state index contributed by atoms with van der Waals surface area (Å²) in [6, 6.07) is 8.59. The molecule has 0 saturated heterocycles. The molecule has 4 fully saturated rings. The summed E-state index contributed by atoms with van der Waals surface area (Å²) in [5, 5.41) is 0. The third kappa shape index (κ3) is 1.52. The van der Waals surface area contributed by atoms with E-state index in [0.29, 0.717) is 11.8 Å². The van der Waals surface area contributed by atoms with Crippen LogP contribution in [0, 0.1) is 23.7 Å². The first-order valence-corrected chi connectivity index (χ1v) is 8.18. The lowest BCUT2D eigenvalue weighted by molar-refractivity contribution is -0.344. The molecule has 1 aromatic rings. The molecule has 4 saturated carbocycles. The molecule has 2 heteroatoms. The van der Waals surface area contributed by atoms with Gasteiger partial charge in [-0.3, -0.25) is 0 Å². The molecule has 1 spiro atoms. The fraction of sp³-hybridized carbons (Fsp3) is 0.667. The second-order valence-corrected chi connectivity index (χ2v) is 7.37. The number of ether oxygens (including phenoxy) is 2. The van der Waals surface area contributed by atoms with Crippen LogP contribution in [0.15, 0.2) is 24.3 Å². The van der Waals surface area contributed by atoms with Gasteiger partial charge in [0, 0.05) is 11.8 Å². The molecule has 1 aromatic carbocycles. The van der Waals surface area contributed by atoms with Crippen molar-refractivity contribution >= 4 is 0 Å². The summed E-state index contributed by atoms with van der Waals surface area (Å²) in [5.41, 5.74) is 2.64. The maximum Gasteiger partial charge on any atom is 0.174 e. The van der Waals surface area contributed by atoms with Gasteiger partial charge in [-0.2, -0.15) is 0 Å². The highest BCUT2D eigenvalue weighted by Gasteiger charge is 2.59. The van der Waals surface area contributed by atoms with Crippen LogP contribution in [0.4, 0.5) is 0 Å². The first kappa shape index (κ1) is 11.8. The Hall–Kier alpha value is -0.860. The molecule has 2 nitrogen and oxygen atoms in total. The topological polar surface area (TPSA) is 18.5 Å². The van der Waals surface area contributed by atoms with Gasteiger partial charge in [-0.15, -0.1) is 0 Å². The SMILES string of the molecule is c1ccc2c(c1)COC1(OC2)C2CC3CC(C2)CC1C3. The van der Waals surface area contributed by atoms with Crippen LogP contribution in [-0.4, -0.2) is 5.79 Å². The van der Waals surface area contributed by atoms with E-state index in [2.05, 4.69) is 24.3 Å². The summed E-state index contributed by atoms with van der Waals surface area (Å²) in [5.74, 6) is 2.95. The summed E-state index contributed by atoms with van der Waals surface area (Å²) in [6.45, 7) is 1.47. The molecule has 0 amide bonds. The lowest BCUT2D eigenvalue weighted by Crippen LogP contribution is -2.59. The van der Waals surface area contributed by atoms with Gasteiger partial charge in [0.2, 0.25) is 0 Å². The summed E-state index contributed by atoms with van der Waals surface area (Å²) in [7, 11) is 0. The molecule has 1 heterocycles. The molecule has 0 radical (unpaired) electrons. The van der Waals surface area contributed by atoms with Crippen molar-refractivity contribution in [3.8, 4) is 0 Å². The first-order chi connectivity index (χ1) is 9.83. The highest BCUT2D eigenvalue weighted by atomic mass is 16.7. The Bertz CT molecular complexity index is 479. The number of hydrogen-bond acceptors (Lipinski definition) is 2. The molecular weight excluding hydrogens is 248 g/mol. The Morgan fingerprint density at radius 2 is 1.25 bits per heavy atom. The number of hydrogen-bond donors (Lipinski definition) is 0. The second-order valence-electron chi connectivity index (χ2n) is 7.37. The van der Waals surface area contributed by atoms with E-state index in [-0.39, 0.29) is 5.79 Å². The third-order valence-electron chi connectivity index (χ3n) is 6.30. The summed E-state index contributed by atoms with van der Waals surface area (Å²) in [4.78, 5) is 0. The fourth-order valence-corrected chi connectivity index (χ4v) is 5.57. The van der Waals surface area contributed by atoms with Gasteiger partial charge in [0.1, 0.15) is 0 Å². The Morgan fingerprint density at radius 3 is 1.75 bits per heavy atom. The Labute approximate surface area is 120 Å². The normalized spacial score (nSPS) is 40.6. The minimum absolute atomic E-state index is 0.257. The van der Waals surface area contributed by atoms with Crippen molar-refractivity contribution in [2.24, 2.45) is 23.7 Å². The summed E-state index contributed by atoms with van der Waals surface area (Å²) >= 11 is 0. The average Bonchev–Trinajstić information content (AvgIpc) is 2.65. The first-order valence-electron chi connectivity index (χ1n) is 8.18. The molecule has 0 N–H and O–H groups in total. The number of rotatable bonds is 0. The highest BCUT2D eigenvalue weighted by molar-refractivity contribution is 5.26. The fourth-order valence-electron chi connectivity index (χ4n) is 5.57. The van der Waals surface area contributed by atoms with Gasteiger partial charge in [-0.25, -0.2) is 0 Å². The summed E-state index contributed by atoms with van der Waals surface area (Å²) < 4.78 is 12.9. The molecule has 0 aromatic heterocycles. The van der Waals surface area contributed by atoms with Crippen LogP contribution < -0.4 is 0 Å². The van der Waals surface area contributed by atoms with E-state index in [0.717, 1.165) is 25.0 Å². The van der Waals surface area contributed by atoms with Gasteiger partial charge in [-0.05, 0) is 55.1 Å². The standard InChI is InChI=1S/C18H22O2/c1-2-4-15-11-20-18(19-10-14(15)3-1)16-6-12-5-13(8-16)9-17(18)7-12/h1-4,12-13,16-17H,5-11H2.